The van der Waals surface area contributed by atoms with Crippen LogP contribution in [0.2, 0.25) is 5.02 Å². The van der Waals surface area contributed by atoms with E-state index in [1.165, 1.54) is 9.70 Å². The highest BCUT2D eigenvalue weighted by Gasteiger charge is 2.18. The van der Waals surface area contributed by atoms with Crippen LogP contribution in [0.1, 0.15) is 13.8 Å². The molecule has 2 amide bonds. The molecule has 25 heavy (non-hydrogen) atoms. The molecule has 9 heteroatoms. The number of hydrogen-bond donors (Lipinski definition) is 0. The van der Waals surface area contributed by atoms with E-state index < -0.39 is 0 Å². The molecule has 0 aliphatic rings. The summed E-state index contributed by atoms with van der Waals surface area (Å²) in [7, 11) is 1.58. The predicted octanol–water partition coefficient (Wildman–Crippen LogP) is 1.32. The Kier molecular flexibility index (Phi) is 6.46. The maximum Gasteiger partial charge on any atom is 0.246 e. The Balaban J connectivity index is 1.96. The highest BCUT2D eigenvalue weighted by Crippen LogP contribution is 2.16. The summed E-state index contributed by atoms with van der Waals surface area (Å²) in [5.41, 5.74) is 0.758. The second kappa shape index (κ2) is 8.57. The van der Waals surface area contributed by atoms with E-state index in [0.29, 0.717) is 23.9 Å². The van der Waals surface area contributed by atoms with Crippen LogP contribution in [-0.4, -0.2) is 68.5 Å². The molecule has 0 N–H and O–H groups in total. The van der Waals surface area contributed by atoms with Gasteiger partial charge in [-0.1, -0.05) is 11.6 Å². The number of carbonyl (C=O) groups excluding carboxylic acids is 2. The maximum atomic E-state index is 12.2. The monoisotopic (exact) mass is 364 g/mol. The van der Waals surface area contributed by atoms with E-state index in [2.05, 4.69) is 15.4 Å². The Labute approximate surface area is 151 Å². The lowest BCUT2D eigenvalue weighted by atomic mass is 10.2. The molecule has 0 atom stereocenters. The fraction of sp³-hybridized carbons (Fsp3) is 0.438. The molecule has 0 saturated heterocycles. The van der Waals surface area contributed by atoms with Gasteiger partial charge >= 0.3 is 0 Å². The van der Waals surface area contributed by atoms with E-state index in [-0.39, 0.29) is 24.9 Å². The maximum absolute atomic E-state index is 12.2. The van der Waals surface area contributed by atoms with Crippen molar-refractivity contribution in [2.75, 3.05) is 26.7 Å². The number of amides is 2. The van der Waals surface area contributed by atoms with Crippen molar-refractivity contribution in [1.82, 2.24) is 30.0 Å². The van der Waals surface area contributed by atoms with Gasteiger partial charge < -0.3 is 9.80 Å². The average molecular weight is 365 g/mol. The van der Waals surface area contributed by atoms with E-state index in [0.717, 1.165) is 5.56 Å². The number of benzene rings is 1. The number of halogens is 1. The minimum Gasteiger partial charge on any atom is -0.342 e. The smallest absolute Gasteiger partial charge is 0.246 e. The third-order valence-corrected chi connectivity index (χ3v) is 4.00. The van der Waals surface area contributed by atoms with Crippen LogP contribution in [0.25, 0.3) is 11.4 Å². The fourth-order valence-electron chi connectivity index (χ4n) is 2.23. The Morgan fingerprint density at radius 2 is 1.76 bits per heavy atom. The molecule has 0 spiro atoms. The van der Waals surface area contributed by atoms with Crippen molar-refractivity contribution in [3.63, 3.8) is 0 Å². The predicted molar refractivity (Wildman–Crippen MR) is 93.8 cm³/mol. The van der Waals surface area contributed by atoms with Crippen molar-refractivity contribution in [1.29, 1.82) is 0 Å². The molecule has 0 saturated carbocycles. The van der Waals surface area contributed by atoms with Crippen LogP contribution < -0.4 is 0 Å². The standard InChI is InChI=1S/C16H21ClN6O2/c1-4-22(5-2)15(25)10-21(3)14(24)11-23-19-16(18-20-23)12-6-8-13(17)9-7-12/h6-9H,4-5,10-11H2,1-3H3. The van der Waals surface area contributed by atoms with E-state index in [4.69, 9.17) is 11.6 Å². The normalized spacial score (nSPS) is 10.6. The molecule has 1 aromatic carbocycles. The molecule has 1 heterocycles. The van der Waals surface area contributed by atoms with Gasteiger partial charge in [-0.15, -0.1) is 10.2 Å². The summed E-state index contributed by atoms with van der Waals surface area (Å²) in [5, 5.41) is 12.6. The zero-order valence-electron chi connectivity index (χ0n) is 14.5. The zero-order chi connectivity index (χ0) is 18.4. The lowest BCUT2D eigenvalue weighted by Gasteiger charge is -2.22. The summed E-state index contributed by atoms with van der Waals surface area (Å²) >= 11 is 5.85. The molecular formula is C16H21ClN6O2. The van der Waals surface area contributed by atoms with Gasteiger partial charge in [0.05, 0.1) is 6.54 Å². The lowest BCUT2D eigenvalue weighted by molar-refractivity contribution is -0.139. The van der Waals surface area contributed by atoms with Crippen LogP contribution in [0.4, 0.5) is 0 Å². The Morgan fingerprint density at radius 3 is 2.36 bits per heavy atom. The molecule has 8 nitrogen and oxygen atoms in total. The number of rotatable bonds is 7. The molecule has 0 unspecified atom stereocenters. The first-order chi connectivity index (χ1) is 11.9. The summed E-state index contributed by atoms with van der Waals surface area (Å²) in [6.07, 6.45) is 0. The van der Waals surface area contributed by atoms with Gasteiger partial charge in [0.15, 0.2) is 0 Å². The minimum absolute atomic E-state index is 0.0270. The molecule has 0 radical (unpaired) electrons. The number of hydrogen-bond acceptors (Lipinski definition) is 5. The summed E-state index contributed by atoms with van der Waals surface area (Å²) in [4.78, 5) is 28.6. The first-order valence-corrected chi connectivity index (χ1v) is 8.37. The van der Waals surface area contributed by atoms with Crippen molar-refractivity contribution < 1.29 is 9.59 Å². The van der Waals surface area contributed by atoms with E-state index in [9.17, 15) is 9.59 Å². The average Bonchev–Trinajstić information content (AvgIpc) is 3.05. The second-order valence-electron chi connectivity index (χ2n) is 5.47. The van der Waals surface area contributed by atoms with Crippen molar-refractivity contribution in [2.24, 2.45) is 0 Å². The highest BCUT2D eigenvalue weighted by molar-refractivity contribution is 6.30. The first-order valence-electron chi connectivity index (χ1n) is 8.00. The summed E-state index contributed by atoms with van der Waals surface area (Å²) in [5.74, 6) is 0.0566. The molecule has 0 aliphatic heterocycles. The Bertz CT molecular complexity index is 726. The largest absolute Gasteiger partial charge is 0.342 e. The van der Waals surface area contributed by atoms with Gasteiger partial charge in [-0.25, -0.2) is 0 Å². The van der Waals surface area contributed by atoms with Crippen LogP contribution in [0, 0.1) is 0 Å². The molecule has 0 fully saturated rings. The summed E-state index contributed by atoms with van der Waals surface area (Å²) < 4.78 is 0. The molecule has 2 aromatic rings. The van der Waals surface area contributed by atoms with Gasteiger partial charge in [-0.3, -0.25) is 9.59 Å². The van der Waals surface area contributed by atoms with E-state index in [1.54, 1.807) is 36.2 Å². The molecular weight excluding hydrogens is 344 g/mol. The van der Waals surface area contributed by atoms with Crippen LogP contribution in [0.15, 0.2) is 24.3 Å². The molecule has 0 aliphatic carbocycles. The number of tetrazole rings is 1. The van der Waals surface area contributed by atoms with Crippen LogP contribution in [0.5, 0.6) is 0 Å². The van der Waals surface area contributed by atoms with Gasteiger partial charge in [-0.05, 0) is 43.3 Å². The molecule has 134 valence electrons. The Hall–Kier alpha value is -2.48. The molecule has 1 aromatic heterocycles. The van der Waals surface area contributed by atoms with Crippen molar-refractivity contribution in [3.05, 3.63) is 29.3 Å². The first kappa shape index (κ1) is 18.9. The van der Waals surface area contributed by atoms with Crippen LogP contribution >= 0.6 is 11.6 Å². The summed E-state index contributed by atoms with van der Waals surface area (Å²) in [6.45, 7) is 4.99. The van der Waals surface area contributed by atoms with Gasteiger partial charge in [0.25, 0.3) is 0 Å². The van der Waals surface area contributed by atoms with Gasteiger partial charge in [0.1, 0.15) is 6.54 Å². The minimum atomic E-state index is -0.263. The molecule has 0 bridgehead atoms. The van der Waals surface area contributed by atoms with E-state index in [1.807, 2.05) is 13.8 Å². The highest BCUT2D eigenvalue weighted by atomic mass is 35.5. The van der Waals surface area contributed by atoms with Crippen molar-refractivity contribution in [2.45, 2.75) is 20.4 Å². The quantitative estimate of drug-likeness (QED) is 0.739. The number of nitrogens with zero attached hydrogens (tertiary/aromatic N) is 6. The third-order valence-electron chi connectivity index (χ3n) is 3.75. The Morgan fingerprint density at radius 1 is 1.12 bits per heavy atom. The number of aromatic nitrogens is 4. The SMILES string of the molecule is CCN(CC)C(=O)CN(C)C(=O)Cn1nnc(-c2ccc(Cl)cc2)n1. The van der Waals surface area contributed by atoms with Gasteiger partial charge in [0.2, 0.25) is 17.6 Å². The summed E-state index contributed by atoms with van der Waals surface area (Å²) in [6, 6.07) is 7.02. The van der Waals surface area contributed by atoms with Crippen molar-refractivity contribution >= 4 is 23.4 Å². The van der Waals surface area contributed by atoms with Crippen molar-refractivity contribution in [3.8, 4) is 11.4 Å². The lowest BCUT2D eigenvalue weighted by Crippen LogP contribution is -2.42. The number of carbonyl (C=O) groups is 2. The molecule has 2 rings (SSSR count). The van der Waals surface area contributed by atoms with E-state index >= 15 is 0 Å². The zero-order valence-corrected chi connectivity index (χ0v) is 15.3. The topological polar surface area (TPSA) is 84.2 Å². The van der Waals surface area contributed by atoms with Crippen LogP contribution in [-0.2, 0) is 16.1 Å². The van der Waals surface area contributed by atoms with Gasteiger partial charge in [-0.2, -0.15) is 4.80 Å². The third kappa shape index (κ3) is 4.99. The fourth-order valence-corrected chi connectivity index (χ4v) is 2.36. The second-order valence-corrected chi connectivity index (χ2v) is 5.90. The van der Waals surface area contributed by atoms with Crippen LogP contribution in [0.3, 0.4) is 0 Å². The van der Waals surface area contributed by atoms with Gasteiger partial charge in [0, 0.05) is 30.7 Å². The number of likely N-dealkylation sites (N-methyl/N-ethyl adjacent to an activating group) is 2.